The topological polar surface area (TPSA) is 0 Å². The van der Waals surface area contributed by atoms with Crippen molar-refractivity contribution in [2.45, 2.75) is 38.4 Å². The zero-order chi connectivity index (χ0) is 9.36. The first kappa shape index (κ1) is 11.7. The van der Waals surface area contributed by atoms with E-state index in [9.17, 15) is 0 Å². The largest absolute Gasteiger partial charge is 0.171 e. The summed E-state index contributed by atoms with van der Waals surface area (Å²) >= 11 is 2.27. The fraction of sp³-hybridized carbons (Fsp3) is 0.778. The van der Waals surface area contributed by atoms with Gasteiger partial charge in [0.2, 0.25) is 0 Å². The molecule has 0 aromatic rings. The third kappa shape index (κ3) is 5.87. The fourth-order valence-corrected chi connectivity index (χ4v) is 2.09. The zero-order valence-electron chi connectivity index (χ0n) is 8.08. The Labute approximate surface area is 97.9 Å². The van der Waals surface area contributed by atoms with Gasteiger partial charge in [0, 0.05) is 7.06 Å². The van der Waals surface area contributed by atoms with Gasteiger partial charge in [-0.2, -0.15) is 22.4 Å². The van der Waals surface area contributed by atoms with E-state index in [2.05, 4.69) is 53.8 Å². The molecule has 3 radical (unpaired) electrons. The summed E-state index contributed by atoms with van der Waals surface area (Å²) < 4.78 is 0. The molecule has 0 fully saturated rings. The van der Waals surface area contributed by atoms with Crippen molar-refractivity contribution < 1.29 is 0 Å². The number of allylic oxidation sites excluding steroid dienone is 2. The van der Waals surface area contributed by atoms with Crippen LogP contribution in [0.25, 0.3) is 0 Å². The van der Waals surface area contributed by atoms with E-state index in [-0.39, 0.29) is 0 Å². The number of halogens is 1. The van der Waals surface area contributed by atoms with Gasteiger partial charge < -0.3 is 0 Å². The maximum Gasteiger partial charge on any atom is 0.143 e. The summed E-state index contributed by atoms with van der Waals surface area (Å²) in [5.41, 5.74) is 0. The van der Waals surface area contributed by atoms with E-state index in [4.69, 9.17) is 0 Å². The monoisotopic (exact) mass is 283 g/mol. The molecule has 13 heavy (non-hydrogen) atoms. The molecular formula is C9H15B3I. The van der Waals surface area contributed by atoms with E-state index in [1.165, 1.54) is 38.4 Å². The molecule has 0 heterocycles. The molecule has 4 heteroatoms. The van der Waals surface area contributed by atoms with Crippen molar-refractivity contribution in [3.8, 4) is 0 Å². The summed E-state index contributed by atoms with van der Waals surface area (Å²) in [6.45, 7) is 0. The third-order valence-electron chi connectivity index (χ3n) is 2.57. The Morgan fingerprint density at radius 1 is 1.23 bits per heavy atom. The maximum absolute atomic E-state index is 2.35. The highest BCUT2D eigenvalue weighted by atomic mass is 127. The van der Waals surface area contributed by atoms with Crippen LogP contribution in [0.5, 0.6) is 0 Å². The van der Waals surface area contributed by atoms with Crippen molar-refractivity contribution in [3.63, 3.8) is 0 Å². The Hall–Kier alpha value is 0.665. The minimum Gasteiger partial charge on any atom is -0.171 e. The lowest BCUT2D eigenvalue weighted by atomic mass is 9.26. The summed E-state index contributed by atoms with van der Waals surface area (Å²) in [4.78, 5) is 0. The van der Waals surface area contributed by atoms with Crippen molar-refractivity contribution in [1.29, 1.82) is 0 Å². The van der Waals surface area contributed by atoms with Crippen molar-refractivity contribution in [3.05, 3.63) is 12.2 Å². The van der Waals surface area contributed by atoms with Crippen LogP contribution in [0.2, 0.25) is 6.32 Å². The molecule has 1 aliphatic rings. The smallest absolute Gasteiger partial charge is 0.143 e. The summed E-state index contributed by atoms with van der Waals surface area (Å²) in [6, 6.07) is 0. The maximum atomic E-state index is 2.35. The van der Waals surface area contributed by atoms with E-state index in [0.29, 0.717) is 0 Å². The average Bonchev–Trinajstić information content (AvgIpc) is 2.08. The van der Waals surface area contributed by atoms with Crippen LogP contribution in [-0.2, 0) is 0 Å². The molecule has 1 aliphatic carbocycles. The molecule has 0 saturated carbocycles. The lowest BCUT2D eigenvalue weighted by molar-refractivity contribution is 0.473. The van der Waals surface area contributed by atoms with Gasteiger partial charge in [0.15, 0.2) is 0 Å². The molecule has 1 atom stereocenters. The van der Waals surface area contributed by atoms with Crippen LogP contribution in [0.4, 0.5) is 0 Å². The molecule has 0 spiro atoms. The van der Waals surface area contributed by atoms with E-state index < -0.39 is 0 Å². The van der Waals surface area contributed by atoms with Crippen molar-refractivity contribution in [1.82, 2.24) is 0 Å². The Morgan fingerprint density at radius 3 is 2.92 bits per heavy atom. The molecule has 0 aromatic heterocycles. The Balaban J connectivity index is 2.12. The van der Waals surface area contributed by atoms with Gasteiger partial charge in [-0.05, 0) is 31.6 Å². The van der Waals surface area contributed by atoms with Gasteiger partial charge in [-0.3, -0.25) is 0 Å². The Morgan fingerprint density at radius 2 is 2.08 bits per heavy atom. The van der Waals surface area contributed by atoms with Crippen LogP contribution in [0.15, 0.2) is 12.2 Å². The predicted octanol–water partition coefficient (Wildman–Crippen LogP) is 2.83. The van der Waals surface area contributed by atoms with Crippen LogP contribution in [0, 0.1) is 5.92 Å². The van der Waals surface area contributed by atoms with Gasteiger partial charge >= 0.3 is 0 Å². The molecule has 67 valence electrons. The molecule has 1 unspecified atom stereocenters. The van der Waals surface area contributed by atoms with Gasteiger partial charge in [-0.15, -0.1) is 0 Å². The van der Waals surface area contributed by atoms with Gasteiger partial charge in [-0.25, -0.2) is 0 Å². The number of hydrogen-bond donors (Lipinski definition) is 0. The summed E-state index contributed by atoms with van der Waals surface area (Å²) in [5.74, 6) is 0.928. The van der Waals surface area contributed by atoms with Gasteiger partial charge in [0.25, 0.3) is 0 Å². The van der Waals surface area contributed by atoms with Gasteiger partial charge in [0.05, 0.1) is 7.17 Å². The second-order valence-electron chi connectivity index (χ2n) is 3.64. The highest BCUT2D eigenvalue weighted by Gasteiger charge is 2.08. The summed E-state index contributed by atoms with van der Waals surface area (Å²) in [5, 5.41) is 2.08. The number of hydrogen-bond acceptors (Lipinski definition) is 0. The average molecular weight is 283 g/mol. The SMILES string of the molecule is I[B][B][B]CC1CC/C=C/CCC1. The molecule has 0 amide bonds. The fourth-order valence-electron chi connectivity index (χ4n) is 1.79. The van der Waals surface area contributed by atoms with Crippen LogP contribution >= 0.6 is 22.4 Å². The zero-order valence-corrected chi connectivity index (χ0v) is 10.2. The van der Waals surface area contributed by atoms with E-state index in [1.54, 1.807) is 0 Å². The second-order valence-corrected chi connectivity index (χ2v) is 4.35. The molecule has 0 N–H and O–H groups in total. The quantitative estimate of drug-likeness (QED) is 0.322. The highest BCUT2D eigenvalue weighted by Crippen LogP contribution is 2.21. The lowest BCUT2D eigenvalue weighted by Gasteiger charge is -2.16. The van der Waals surface area contributed by atoms with Crippen LogP contribution < -0.4 is 0 Å². The predicted molar refractivity (Wildman–Crippen MR) is 71.8 cm³/mol. The van der Waals surface area contributed by atoms with E-state index >= 15 is 0 Å². The van der Waals surface area contributed by atoms with Crippen LogP contribution in [0.3, 0.4) is 0 Å². The second kappa shape index (κ2) is 8.01. The van der Waals surface area contributed by atoms with Crippen molar-refractivity contribution in [2.24, 2.45) is 5.92 Å². The lowest BCUT2D eigenvalue weighted by Crippen LogP contribution is -2.13. The standard InChI is InChI=1S/C9H15B3I/c13-12-11-10-8-9-6-4-2-1-3-5-7-9/h1-2,9H,3-8H2/b2-1+. The number of rotatable bonds is 4. The Bertz CT molecular complexity index is 150. The van der Waals surface area contributed by atoms with Gasteiger partial charge in [-0.1, -0.05) is 24.9 Å². The molecule has 0 nitrogen and oxygen atoms in total. The first-order valence-electron chi connectivity index (χ1n) is 5.17. The third-order valence-corrected chi connectivity index (χ3v) is 2.98. The first-order valence-corrected chi connectivity index (χ1v) is 6.41. The molecule has 0 bridgehead atoms. The van der Waals surface area contributed by atoms with Crippen LogP contribution in [-0.4, -0.2) is 19.3 Å². The van der Waals surface area contributed by atoms with E-state index in [1.807, 2.05) is 0 Å². The van der Waals surface area contributed by atoms with Crippen molar-refractivity contribution >= 4 is 41.6 Å². The minimum atomic E-state index is 0.928. The van der Waals surface area contributed by atoms with Crippen molar-refractivity contribution in [2.75, 3.05) is 0 Å². The minimum absolute atomic E-state index is 0.928. The highest BCUT2D eigenvalue weighted by molar-refractivity contribution is 14.1. The molecular weight excluding hydrogens is 267 g/mol. The first-order chi connectivity index (χ1) is 6.43. The summed E-state index contributed by atoms with van der Waals surface area (Å²) in [7, 11) is 4.47. The molecule has 0 saturated heterocycles. The van der Waals surface area contributed by atoms with E-state index in [0.717, 1.165) is 5.92 Å². The normalized spacial score (nSPS) is 25.5. The van der Waals surface area contributed by atoms with Crippen LogP contribution in [0.1, 0.15) is 32.1 Å². The summed E-state index contributed by atoms with van der Waals surface area (Å²) in [6.07, 6.45) is 12.7. The van der Waals surface area contributed by atoms with Gasteiger partial charge in [0.1, 0.15) is 5.03 Å². The Kier molecular flexibility index (Phi) is 7.24. The molecule has 0 aliphatic heterocycles. The molecule has 1 rings (SSSR count). The molecule has 0 aromatic carbocycles.